The zero-order valence-electron chi connectivity index (χ0n) is 11.5. The number of nitrogens with zero attached hydrogens (tertiary/aromatic N) is 2. The predicted molar refractivity (Wildman–Crippen MR) is 76.3 cm³/mol. The van der Waals surface area contributed by atoms with Crippen LogP contribution in [0.2, 0.25) is 0 Å². The van der Waals surface area contributed by atoms with Crippen LogP contribution in [0.3, 0.4) is 0 Å². The van der Waals surface area contributed by atoms with Gasteiger partial charge in [0.25, 0.3) is 0 Å². The van der Waals surface area contributed by atoms with Gasteiger partial charge in [-0.05, 0) is 32.0 Å². The van der Waals surface area contributed by atoms with Crippen LogP contribution in [0.4, 0.5) is 11.4 Å². The molecule has 1 aromatic carbocycles. The van der Waals surface area contributed by atoms with Gasteiger partial charge < -0.3 is 20.3 Å². The number of rotatable bonds is 4. The number of anilines is 2. The molecular weight excluding hydrogens is 226 g/mol. The Labute approximate surface area is 109 Å². The molecule has 2 rings (SSSR count). The first-order chi connectivity index (χ1) is 8.58. The lowest BCUT2D eigenvalue weighted by Crippen LogP contribution is -2.27. The van der Waals surface area contributed by atoms with Crippen molar-refractivity contribution in [2.45, 2.75) is 6.42 Å². The summed E-state index contributed by atoms with van der Waals surface area (Å²) < 4.78 is 5.26. The fourth-order valence-electron chi connectivity index (χ4n) is 2.61. The number of ether oxygens (including phenoxy) is 1. The van der Waals surface area contributed by atoms with Crippen LogP contribution in [-0.4, -0.2) is 45.7 Å². The number of hydrogen-bond donors (Lipinski definition) is 1. The standard InChI is InChI=1S/C14H23N3O/c1-16-5-4-11(9-16)10-17(2)13-6-12(15)7-14(8-13)18-3/h6-8,11H,4-5,9-10,15H2,1-3H3. The van der Waals surface area contributed by atoms with E-state index in [4.69, 9.17) is 10.5 Å². The lowest BCUT2D eigenvalue weighted by molar-refractivity contribution is 0.395. The summed E-state index contributed by atoms with van der Waals surface area (Å²) in [5.74, 6) is 1.56. The van der Waals surface area contributed by atoms with Gasteiger partial charge in [0.2, 0.25) is 0 Å². The van der Waals surface area contributed by atoms with Crippen LogP contribution in [0.25, 0.3) is 0 Å². The summed E-state index contributed by atoms with van der Waals surface area (Å²) in [6.45, 7) is 3.46. The maximum Gasteiger partial charge on any atom is 0.122 e. The number of hydrogen-bond acceptors (Lipinski definition) is 4. The molecule has 1 heterocycles. The summed E-state index contributed by atoms with van der Waals surface area (Å²) in [6, 6.07) is 5.89. The van der Waals surface area contributed by atoms with E-state index in [2.05, 4.69) is 23.9 Å². The van der Waals surface area contributed by atoms with Crippen LogP contribution < -0.4 is 15.4 Å². The molecule has 0 radical (unpaired) electrons. The summed E-state index contributed by atoms with van der Waals surface area (Å²) >= 11 is 0. The molecule has 1 saturated heterocycles. The Bertz CT molecular complexity index is 408. The summed E-state index contributed by atoms with van der Waals surface area (Å²) in [5.41, 5.74) is 7.76. The lowest BCUT2D eigenvalue weighted by Gasteiger charge is -2.24. The van der Waals surface area contributed by atoms with Crippen molar-refractivity contribution in [1.29, 1.82) is 0 Å². The highest BCUT2D eigenvalue weighted by Crippen LogP contribution is 2.26. The highest BCUT2D eigenvalue weighted by Gasteiger charge is 2.21. The van der Waals surface area contributed by atoms with E-state index in [1.165, 1.54) is 19.5 Å². The minimum Gasteiger partial charge on any atom is -0.497 e. The number of methoxy groups -OCH3 is 1. The second kappa shape index (κ2) is 5.48. The molecule has 0 amide bonds. The maximum absolute atomic E-state index is 5.89. The molecule has 1 fully saturated rings. The molecular formula is C14H23N3O. The van der Waals surface area contributed by atoms with E-state index in [9.17, 15) is 0 Å². The Balaban J connectivity index is 2.03. The predicted octanol–water partition coefficient (Wildman–Crippen LogP) is 1.67. The van der Waals surface area contributed by atoms with E-state index in [-0.39, 0.29) is 0 Å². The fraction of sp³-hybridized carbons (Fsp3) is 0.571. The molecule has 1 aliphatic rings. The van der Waals surface area contributed by atoms with Gasteiger partial charge >= 0.3 is 0 Å². The van der Waals surface area contributed by atoms with E-state index >= 15 is 0 Å². The van der Waals surface area contributed by atoms with Crippen LogP contribution in [0.1, 0.15) is 6.42 Å². The Kier molecular flexibility index (Phi) is 3.97. The molecule has 1 atom stereocenters. The van der Waals surface area contributed by atoms with E-state index in [1.807, 2.05) is 18.2 Å². The molecule has 100 valence electrons. The number of nitrogens with two attached hydrogens (primary N) is 1. The van der Waals surface area contributed by atoms with Gasteiger partial charge in [-0.15, -0.1) is 0 Å². The number of benzene rings is 1. The van der Waals surface area contributed by atoms with E-state index in [1.54, 1.807) is 7.11 Å². The Morgan fingerprint density at radius 2 is 2.22 bits per heavy atom. The zero-order valence-corrected chi connectivity index (χ0v) is 11.5. The van der Waals surface area contributed by atoms with E-state index in [0.717, 1.165) is 29.6 Å². The molecule has 4 heteroatoms. The van der Waals surface area contributed by atoms with Gasteiger partial charge in [-0.1, -0.05) is 0 Å². The van der Waals surface area contributed by atoms with E-state index < -0.39 is 0 Å². The van der Waals surface area contributed by atoms with Crippen molar-refractivity contribution in [3.63, 3.8) is 0 Å². The SMILES string of the molecule is COc1cc(N)cc(N(C)CC2CCN(C)C2)c1. The highest BCUT2D eigenvalue weighted by atomic mass is 16.5. The van der Waals surface area contributed by atoms with E-state index in [0.29, 0.717) is 0 Å². The number of likely N-dealkylation sites (tertiary alicyclic amines) is 1. The van der Waals surface area contributed by atoms with Gasteiger partial charge in [0.15, 0.2) is 0 Å². The molecule has 0 bridgehead atoms. The van der Waals surface area contributed by atoms with Gasteiger partial charge in [0.1, 0.15) is 5.75 Å². The van der Waals surface area contributed by atoms with Crippen molar-refractivity contribution in [3.8, 4) is 5.75 Å². The molecule has 0 spiro atoms. The summed E-state index contributed by atoms with van der Waals surface area (Å²) in [5, 5.41) is 0. The van der Waals surface area contributed by atoms with Crippen LogP contribution in [0.15, 0.2) is 18.2 Å². The number of nitrogen functional groups attached to an aromatic ring is 1. The molecule has 1 aliphatic heterocycles. The minimum atomic E-state index is 0.743. The molecule has 0 aliphatic carbocycles. The second-order valence-corrected chi connectivity index (χ2v) is 5.26. The van der Waals surface area contributed by atoms with Crippen molar-refractivity contribution >= 4 is 11.4 Å². The van der Waals surface area contributed by atoms with Crippen molar-refractivity contribution in [2.75, 3.05) is 51.5 Å². The normalized spacial score (nSPS) is 20.1. The van der Waals surface area contributed by atoms with Crippen LogP contribution in [0.5, 0.6) is 5.75 Å². The third-order valence-corrected chi connectivity index (χ3v) is 3.61. The van der Waals surface area contributed by atoms with Gasteiger partial charge in [0.05, 0.1) is 7.11 Å². The zero-order chi connectivity index (χ0) is 13.1. The fourth-order valence-corrected chi connectivity index (χ4v) is 2.61. The third kappa shape index (κ3) is 3.07. The Morgan fingerprint density at radius 1 is 1.44 bits per heavy atom. The summed E-state index contributed by atoms with van der Waals surface area (Å²) in [7, 11) is 5.97. The quantitative estimate of drug-likeness (QED) is 0.824. The molecule has 0 saturated carbocycles. The summed E-state index contributed by atoms with van der Waals surface area (Å²) in [6.07, 6.45) is 1.28. The minimum absolute atomic E-state index is 0.743. The highest BCUT2D eigenvalue weighted by molar-refractivity contribution is 5.60. The molecule has 18 heavy (non-hydrogen) atoms. The smallest absolute Gasteiger partial charge is 0.122 e. The van der Waals surface area contributed by atoms with Crippen molar-refractivity contribution in [1.82, 2.24) is 4.90 Å². The molecule has 4 nitrogen and oxygen atoms in total. The van der Waals surface area contributed by atoms with Crippen molar-refractivity contribution in [2.24, 2.45) is 5.92 Å². The first-order valence-corrected chi connectivity index (χ1v) is 6.42. The Morgan fingerprint density at radius 3 is 2.83 bits per heavy atom. The van der Waals surface area contributed by atoms with Gasteiger partial charge in [-0.3, -0.25) is 0 Å². The summed E-state index contributed by atoms with van der Waals surface area (Å²) in [4.78, 5) is 4.65. The van der Waals surface area contributed by atoms with Crippen LogP contribution in [-0.2, 0) is 0 Å². The van der Waals surface area contributed by atoms with Crippen LogP contribution in [0, 0.1) is 5.92 Å². The van der Waals surface area contributed by atoms with Gasteiger partial charge in [0, 0.05) is 43.6 Å². The van der Waals surface area contributed by atoms with Gasteiger partial charge in [-0.2, -0.15) is 0 Å². The second-order valence-electron chi connectivity index (χ2n) is 5.26. The van der Waals surface area contributed by atoms with Crippen molar-refractivity contribution < 1.29 is 4.74 Å². The largest absolute Gasteiger partial charge is 0.497 e. The first-order valence-electron chi connectivity index (χ1n) is 6.42. The third-order valence-electron chi connectivity index (χ3n) is 3.61. The molecule has 1 unspecified atom stereocenters. The molecule has 0 aromatic heterocycles. The lowest BCUT2D eigenvalue weighted by atomic mass is 10.1. The molecule has 2 N–H and O–H groups in total. The average molecular weight is 249 g/mol. The van der Waals surface area contributed by atoms with Crippen molar-refractivity contribution in [3.05, 3.63) is 18.2 Å². The monoisotopic (exact) mass is 249 g/mol. The van der Waals surface area contributed by atoms with Crippen LogP contribution >= 0.6 is 0 Å². The van der Waals surface area contributed by atoms with Gasteiger partial charge in [-0.25, -0.2) is 0 Å². The first kappa shape index (κ1) is 13.0. The average Bonchev–Trinajstić information content (AvgIpc) is 2.73. The maximum atomic E-state index is 5.89. The topological polar surface area (TPSA) is 41.7 Å². The Hall–Kier alpha value is -1.42. The molecule has 1 aromatic rings.